The van der Waals surface area contributed by atoms with Crippen molar-refractivity contribution in [1.29, 1.82) is 0 Å². The number of aromatic nitrogens is 2. The third kappa shape index (κ3) is 4.38. The first-order chi connectivity index (χ1) is 13.3. The molecule has 1 aliphatic rings. The van der Waals surface area contributed by atoms with Crippen LogP contribution in [0.4, 0.5) is 0 Å². The van der Waals surface area contributed by atoms with Crippen molar-refractivity contribution in [1.82, 2.24) is 19.7 Å². The molecule has 0 aliphatic carbocycles. The van der Waals surface area contributed by atoms with Crippen LogP contribution in [0.3, 0.4) is 0 Å². The van der Waals surface area contributed by atoms with Crippen molar-refractivity contribution in [3.63, 3.8) is 0 Å². The SMILES string of the molecule is Clc1c(/C=N/N2CCN(Cc3ccccc3)CC2)cnn1-c1ccccc1. The Morgan fingerprint density at radius 2 is 1.59 bits per heavy atom. The number of hydrogen-bond donors (Lipinski definition) is 0. The summed E-state index contributed by atoms with van der Waals surface area (Å²) in [6, 6.07) is 20.5. The molecule has 0 N–H and O–H groups in total. The van der Waals surface area contributed by atoms with E-state index < -0.39 is 0 Å². The van der Waals surface area contributed by atoms with E-state index in [9.17, 15) is 0 Å². The quantitative estimate of drug-likeness (QED) is 0.634. The number of piperazine rings is 1. The first-order valence-corrected chi connectivity index (χ1v) is 9.51. The summed E-state index contributed by atoms with van der Waals surface area (Å²) in [4.78, 5) is 2.46. The van der Waals surface area contributed by atoms with Crippen LogP contribution in [0.1, 0.15) is 11.1 Å². The van der Waals surface area contributed by atoms with Gasteiger partial charge in [-0.3, -0.25) is 9.91 Å². The van der Waals surface area contributed by atoms with E-state index in [1.807, 2.05) is 36.5 Å². The zero-order chi connectivity index (χ0) is 18.5. The molecular formula is C21H22ClN5. The van der Waals surface area contributed by atoms with Crippen molar-refractivity contribution in [3.05, 3.63) is 83.1 Å². The molecule has 0 radical (unpaired) electrons. The fourth-order valence-electron chi connectivity index (χ4n) is 3.18. The molecule has 6 heteroatoms. The molecule has 3 aromatic rings. The molecule has 138 valence electrons. The molecule has 0 unspecified atom stereocenters. The predicted molar refractivity (Wildman–Crippen MR) is 109 cm³/mol. The van der Waals surface area contributed by atoms with Crippen LogP contribution in [0.15, 0.2) is 72.0 Å². The summed E-state index contributed by atoms with van der Waals surface area (Å²) in [6.45, 7) is 4.82. The van der Waals surface area contributed by atoms with Crippen LogP contribution >= 0.6 is 11.6 Å². The molecule has 4 rings (SSSR count). The van der Waals surface area contributed by atoms with Gasteiger partial charge in [0.25, 0.3) is 0 Å². The molecule has 1 aliphatic heterocycles. The maximum absolute atomic E-state index is 6.47. The van der Waals surface area contributed by atoms with Crippen molar-refractivity contribution in [3.8, 4) is 5.69 Å². The zero-order valence-electron chi connectivity index (χ0n) is 15.1. The molecule has 1 saturated heterocycles. The second-order valence-corrected chi connectivity index (χ2v) is 6.96. The lowest BCUT2D eigenvalue weighted by Gasteiger charge is -2.33. The number of benzene rings is 2. The number of hydrogen-bond acceptors (Lipinski definition) is 4. The Balaban J connectivity index is 1.34. The molecule has 0 saturated carbocycles. The average Bonchev–Trinajstić information content (AvgIpc) is 3.09. The van der Waals surface area contributed by atoms with Gasteiger partial charge in [-0.05, 0) is 17.7 Å². The lowest BCUT2D eigenvalue weighted by molar-refractivity contribution is 0.131. The van der Waals surface area contributed by atoms with E-state index in [0.29, 0.717) is 5.15 Å². The van der Waals surface area contributed by atoms with E-state index in [1.165, 1.54) is 5.56 Å². The monoisotopic (exact) mass is 379 g/mol. The van der Waals surface area contributed by atoms with E-state index >= 15 is 0 Å². The largest absolute Gasteiger partial charge is 0.295 e. The Hall–Kier alpha value is -2.63. The van der Waals surface area contributed by atoms with Crippen LogP contribution in [0.5, 0.6) is 0 Å². The van der Waals surface area contributed by atoms with Gasteiger partial charge in [-0.25, -0.2) is 4.68 Å². The van der Waals surface area contributed by atoms with Gasteiger partial charge in [0.1, 0.15) is 5.15 Å². The summed E-state index contributed by atoms with van der Waals surface area (Å²) in [5.74, 6) is 0. The van der Waals surface area contributed by atoms with Crippen LogP contribution in [0, 0.1) is 0 Å². The Labute approximate surface area is 164 Å². The smallest absolute Gasteiger partial charge is 0.141 e. The highest BCUT2D eigenvalue weighted by Crippen LogP contribution is 2.19. The lowest BCUT2D eigenvalue weighted by atomic mass is 10.2. The Bertz CT molecular complexity index is 883. The minimum atomic E-state index is 0.577. The van der Waals surface area contributed by atoms with Gasteiger partial charge in [0.2, 0.25) is 0 Å². The van der Waals surface area contributed by atoms with E-state index in [1.54, 1.807) is 10.9 Å². The summed E-state index contributed by atoms with van der Waals surface area (Å²) in [7, 11) is 0. The summed E-state index contributed by atoms with van der Waals surface area (Å²) < 4.78 is 1.72. The minimum Gasteiger partial charge on any atom is -0.295 e. The number of nitrogens with zero attached hydrogens (tertiary/aromatic N) is 5. The van der Waals surface area contributed by atoms with Gasteiger partial charge in [-0.15, -0.1) is 0 Å². The molecule has 1 fully saturated rings. The lowest BCUT2D eigenvalue weighted by Crippen LogP contribution is -2.43. The van der Waals surface area contributed by atoms with Crippen molar-refractivity contribution in [2.75, 3.05) is 26.2 Å². The molecule has 2 aromatic carbocycles. The van der Waals surface area contributed by atoms with Crippen molar-refractivity contribution < 1.29 is 0 Å². The van der Waals surface area contributed by atoms with Gasteiger partial charge in [0, 0.05) is 32.7 Å². The van der Waals surface area contributed by atoms with Gasteiger partial charge in [-0.2, -0.15) is 10.2 Å². The highest BCUT2D eigenvalue weighted by atomic mass is 35.5. The van der Waals surface area contributed by atoms with E-state index in [4.69, 9.17) is 11.6 Å². The van der Waals surface area contributed by atoms with Crippen molar-refractivity contribution in [2.24, 2.45) is 5.10 Å². The third-order valence-electron chi connectivity index (χ3n) is 4.70. The van der Waals surface area contributed by atoms with Crippen molar-refractivity contribution >= 4 is 17.8 Å². The van der Waals surface area contributed by atoms with Crippen LogP contribution in [-0.4, -0.2) is 52.1 Å². The Morgan fingerprint density at radius 1 is 0.926 bits per heavy atom. The minimum absolute atomic E-state index is 0.577. The molecule has 2 heterocycles. The number of halogens is 1. The zero-order valence-corrected chi connectivity index (χ0v) is 15.8. The van der Waals surface area contributed by atoms with Crippen LogP contribution in [0.25, 0.3) is 5.69 Å². The molecule has 0 bridgehead atoms. The standard InChI is InChI=1S/C21H22ClN5/c22-21-19(16-24-27(21)20-9-5-2-6-10-20)15-23-26-13-11-25(12-14-26)17-18-7-3-1-4-8-18/h1-10,15-16H,11-14,17H2/b23-15+. The maximum atomic E-state index is 6.47. The number of hydrazone groups is 1. The second kappa shape index (κ2) is 8.37. The molecule has 27 heavy (non-hydrogen) atoms. The van der Waals surface area contributed by atoms with Gasteiger partial charge in [0.15, 0.2) is 0 Å². The van der Waals surface area contributed by atoms with Crippen LogP contribution in [-0.2, 0) is 6.54 Å². The molecular weight excluding hydrogens is 358 g/mol. The third-order valence-corrected chi connectivity index (χ3v) is 5.07. The van der Waals surface area contributed by atoms with Gasteiger partial charge in [-0.1, -0.05) is 60.1 Å². The maximum Gasteiger partial charge on any atom is 0.141 e. The highest BCUT2D eigenvalue weighted by Gasteiger charge is 2.16. The summed E-state index contributed by atoms with van der Waals surface area (Å²) in [5, 5.41) is 11.7. The van der Waals surface area contributed by atoms with E-state index in [-0.39, 0.29) is 0 Å². The number of rotatable bonds is 5. The van der Waals surface area contributed by atoms with Gasteiger partial charge < -0.3 is 0 Å². The topological polar surface area (TPSA) is 36.7 Å². The van der Waals surface area contributed by atoms with Gasteiger partial charge >= 0.3 is 0 Å². The average molecular weight is 380 g/mol. The first-order valence-electron chi connectivity index (χ1n) is 9.14. The fraction of sp³-hybridized carbons (Fsp3) is 0.238. The predicted octanol–water partition coefficient (Wildman–Crippen LogP) is 3.68. The summed E-state index contributed by atoms with van der Waals surface area (Å²) >= 11 is 6.47. The van der Waals surface area contributed by atoms with Crippen LogP contribution < -0.4 is 0 Å². The number of para-hydroxylation sites is 1. The Kier molecular flexibility index (Phi) is 5.51. The Morgan fingerprint density at radius 3 is 2.30 bits per heavy atom. The fourth-order valence-corrected chi connectivity index (χ4v) is 3.42. The molecule has 1 aromatic heterocycles. The van der Waals surface area contributed by atoms with E-state index in [0.717, 1.165) is 44.0 Å². The van der Waals surface area contributed by atoms with E-state index in [2.05, 4.69) is 50.4 Å². The van der Waals surface area contributed by atoms with Gasteiger partial charge in [0.05, 0.1) is 23.7 Å². The molecule has 0 spiro atoms. The first kappa shape index (κ1) is 17.8. The molecule has 5 nitrogen and oxygen atoms in total. The summed E-state index contributed by atoms with van der Waals surface area (Å²) in [5.41, 5.74) is 3.12. The normalized spacial score (nSPS) is 15.5. The second-order valence-electron chi connectivity index (χ2n) is 6.60. The van der Waals surface area contributed by atoms with Crippen molar-refractivity contribution in [2.45, 2.75) is 6.54 Å². The summed E-state index contributed by atoms with van der Waals surface area (Å²) in [6.07, 6.45) is 3.56. The van der Waals surface area contributed by atoms with Crippen LogP contribution in [0.2, 0.25) is 5.15 Å². The highest BCUT2D eigenvalue weighted by molar-refractivity contribution is 6.32. The molecule has 0 amide bonds. The molecule has 0 atom stereocenters.